The number of carbonyl (C=O) groups is 1. The number of benzene rings is 1. The van der Waals surface area contributed by atoms with Crippen LogP contribution in [0.2, 0.25) is 0 Å². The summed E-state index contributed by atoms with van der Waals surface area (Å²) in [7, 11) is 0. The van der Waals surface area contributed by atoms with Gasteiger partial charge in [-0.25, -0.2) is 0 Å². The first-order chi connectivity index (χ1) is 10.7. The molecule has 0 bridgehead atoms. The summed E-state index contributed by atoms with van der Waals surface area (Å²) >= 11 is 3.45. The summed E-state index contributed by atoms with van der Waals surface area (Å²) in [6.45, 7) is 5.25. The molecule has 6 heteroatoms. The highest BCUT2D eigenvalue weighted by Gasteiger charge is 2.23. The molecule has 1 aliphatic heterocycles. The maximum Gasteiger partial charge on any atom is 0.255 e. The Balaban J connectivity index is 1.51. The molecule has 0 spiro atoms. The smallest absolute Gasteiger partial charge is 0.255 e. The van der Waals surface area contributed by atoms with E-state index in [0.29, 0.717) is 0 Å². The maximum absolute atomic E-state index is 12.5. The van der Waals surface area contributed by atoms with E-state index in [1.807, 2.05) is 46.1 Å². The fourth-order valence-electron chi connectivity index (χ4n) is 2.66. The Kier molecular flexibility index (Phi) is 4.90. The molecule has 1 aliphatic rings. The molecule has 3 rings (SSSR count). The van der Waals surface area contributed by atoms with E-state index in [-0.39, 0.29) is 5.91 Å². The highest BCUT2D eigenvalue weighted by molar-refractivity contribution is 9.10. The average Bonchev–Trinajstić information content (AvgIpc) is 3.07. The molecule has 1 aromatic carbocycles. The Morgan fingerprint density at radius 3 is 2.55 bits per heavy atom. The summed E-state index contributed by atoms with van der Waals surface area (Å²) < 4.78 is 2.81. The number of carbonyl (C=O) groups excluding carboxylic acids is 1. The van der Waals surface area contributed by atoms with E-state index in [4.69, 9.17) is 0 Å². The van der Waals surface area contributed by atoms with Gasteiger partial charge in [-0.2, -0.15) is 5.10 Å². The lowest BCUT2D eigenvalue weighted by Gasteiger charge is -2.34. The zero-order valence-corrected chi connectivity index (χ0v) is 13.9. The second-order valence-corrected chi connectivity index (χ2v) is 6.24. The van der Waals surface area contributed by atoms with Crippen molar-refractivity contribution in [3.05, 3.63) is 52.8 Å². The van der Waals surface area contributed by atoms with Crippen LogP contribution in [0, 0.1) is 0 Å². The predicted molar refractivity (Wildman–Crippen MR) is 88.7 cm³/mol. The predicted octanol–water partition coefficient (Wildman–Crippen LogP) is 2.10. The Bertz CT molecular complexity index is 621. The van der Waals surface area contributed by atoms with Crippen LogP contribution in [0.4, 0.5) is 0 Å². The zero-order chi connectivity index (χ0) is 15.4. The monoisotopic (exact) mass is 362 g/mol. The minimum atomic E-state index is 0.110. The van der Waals surface area contributed by atoms with Crippen LogP contribution in [0.3, 0.4) is 0 Å². The van der Waals surface area contributed by atoms with Crippen LogP contribution >= 0.6 is 15.9 Å². The van der Waals surface area contributed by atoms with E-state index in [1.165, 1.54) is 0 Å². The number of nitrogens with zero attached hydrogens (tertiary/aromatic N) is 4. The molecule has 2 aromatic rings. The van der Waals surface area contributed by atoms with E-state index in [1.54, 1.807) is 6.20 Å². The van der Waals surface area contributed by atoms with Crippen LogP contribution < -0.4 is 0 Å². The second-order valence-electron chi connectivity index (χ2n) is 5.38. The van der Waals surface area contributed by atoms with Gasteiger partial charge in [0, 0.05) is 49.6 Å². The molecule has 0 N–H and O–H groups in total. The topological polar surface area (TPSA) is 41.4 Å². The quantitative estimate of drug-likeness (QED) is 0.836. The number of aromatic nitrogens is 2. The Hall–Kier alpha value is -1.66. The van der Waals surface area contributed by atoms with Crippen molar-refractivity contribution in [2.75, 3.05) is 32.7 Å². The van der Waals surface area contributed by atoms with Crippen molar-refractivity contribution in [2.45, 2.75) is 6.54 Å². The first-order valence-electron chi connectivity index (χ1n) is 7.47. The van der Waals surface area contributed by atoms with Gasteiger partial charge in [-0.3, -0.25) is 14.4 Å². The molecule has 0 radical (unpaired) electrons. The summed E-state index contributed by atoms with van der Waals surface area (Å²) in [5.74, 6) is 0.110. The van der Waals surface area contributed by atoms with Gasteiger partial charge < -0.3 is 4.90 Å². The van der Waals surface area contributed by atoms with Crippen molar-refractivity contribution in [2.24, 2.45) is 0 Å². The minimum Gasteiger partial charge on any atom is -0.336 e. The number of hydrogen-bond acceptors (Lipinski definition) is 3. The lowest BCUT2D eigenvalue weighted by molar-refractivity contribution is 0.0631. The normalized spacial score (nSPS) is 16.0. The molecule has 1 amide bonds. The highest BCUT2D eigenvalue weighted by atomic mass is 79.9. The van der Waals surface area contributed by atoms with Crippen molar-refractivity contribution < 1.29 is 4.79 Å². The van der Waals surface area contributed by atoms with Crippen LogP contribution in [-0.4, -0.2) is 58.2 Å². The van der Waals surface area contributed by atoms with Crippen molar-refractivity contribution in [1.82, 2.24) is 19.6 Å². The Labute approximate surface area is 138 Å². The van der Waals surface area contributed by atoms with Gasteiger partial charge in [-0.1, -0.05) is 12.1 Å². The highest BCUT2D eigenvalue weighted by Crippen LogP contribution is 2.18. The Morgan fingerprint density at radius 2 is 1.86 bits per heavy atom. The summed E-state index contributed by atoms with van der Waals surface area (Å²) in [6.07, 6.45) is 3.78. The fourth-order valence-corrected chi connectivity index (χ4v) is 3.11. The van der Waals surface area contributed by atoms with Crippen molar-refractivity contribution in [1.29, 1.82) is 0 Å². The maximum atomic E-state index is 12.5. The van der Waals surface area contributed by atoms with Crippen molar-refractivity contribution in [3.8, 4) is 0 Å². The molecule has 5 nitrogen and oxygen atoms in total. The number of rotatable bonds is 4. The molecule has 1 aromatic heterocycles. The van der Waals surface area contributed by atoms with Crippen LogP contribution in [0.25, 0.3) is 0 Å². The molecule has 1 saturated heterocycles. The van der Waals surface area contributed by atoms with Gasteiger partial charge in [0.15, 0.2) is 0 Å². The average molecular weight is 363 g/mol. The zero-order valence-electron chi connectivity index (χ0n) is 12.4. The number of amides is 1. The summed E-state index contributed by atoms with van der Waals surface area (Å²) in [6, 6.07) is 9.55. The van der Waals surface area contributed by atoms with Gasteiger partial charge in [0.2, 0.25) is 0 Å². The van der Waals surface area contributed by atoms with Crippen LogP contribution in [-0.2, 0) is 6.54 Å². The van der Waals surface area contributed by atoms with E-state index in [2.05, 4.69) is 25.9 Å². The second kappa shape index (κ2) is 7.07. The lowest BCUT2D eigenvalue weighted by atomic mass is 10.2. The third-order valence-electron chi connectivity index (χ3n) is 3.97. The molecular formula is C16H19BrN4O. The largest absolute Gasteiger partial charge is 0.336 e. The third kappa shape index (κ3) is 3.56. The van der Waals surface area contributed by atoms with Gasteiger partial charge in [0.25, 0.3) is 5.91 Å². The minimum absolute atomic E-state index is 0.110. The van der Waals surface area contributed by atoms with Gasteiger partial charge >= 0.3 is 0 Å². The molecule has 0 atom stereocenters. The van der Waals surface area contributed by atoms with E-state index in [9.17, 15) is 4.79 Å². The molecule has 0 unspecified atom stereocenters. The summed E-state index contributed by atoms with van der Waals surface area (Å²) in [5.41, 5.74) is 0.743. The van der Waals surface area contributed by atoms with Gasteiger partial charge in [-0.15, -0.1) is 0 Å². The van der Waals surface area contributed by atoms with E-state index >= 15 is 0 Å². The molecule has 0 aliphatic carbocycles. The lowest BCUT2D eigenvalue weighted by Crippen LogP contribution is -2.49. The van der Waals surface area contributed by atoms with E-state index in [0.717, 1.165) is 49.3 Å². The summed E-state index contributed by atoms with van der Waals surface area (Å²) in [4.78, 5) is 16.9. The standard InChI is InChI=1S/C16H19BrN4O/c17-15-5-2-1-4-14(15)16(22)20-11-8-19(9-12-20)10-13-21-7-3-6-18-21/h1-7H,8-13H2. The van der Waals surface area contributed by atoms with Crippen LogP contribution in [0.5, 0.6) is 0 Å². The molecule has 116 valence electrons. The van der Waals surface area contributed by atoms with E-state index < -0.39 is 0 Å². The number of halogens is 1. The van der Waals surface area contributed by atoms with Gasteiger partial charge in [0.1, 0.15) is 0 Å². The number of hydrogen-bond donors (Lipinski definition) is 0. The molecule has 0 saturated carbocycles. The fraction of sp³-hybridized carbons (Fsp3) is 0.375. The molecule has 22 heavy (non-hydrogen) atoms. The third-order valence-corrected chi connectivity index (χ3v) is 4.66. The number of piperazine rings is 1. The van der Waals surface area contributed by atoms with Crippen molar-refractivity contribution in [3.63, 3.8) is 0 Å². The molecule has 2 heterocycles. The van der Waals surface area contributed by atoms with Crippen molar-refractivity contribution >= 4 is 21.8 Å². The SMILES string of the molecule is O=C(c1ccccc1Br)N1CCN(CCn2cccn2)CC1. The molecular weight excluding hydrogens is 344 g/mol. The summed E-state index contributed by atoms with van der Waals surface area (Å²) in [5, 5.41) is 4.21. The first kappa shape index (κ1) is 15.2. The van der Waals surface area contributed by atoms with Crippen LogP contribution in [0.1, 0.15) is 10.4 Å². The van der Waals surface area contributed by atoms with Gasteiger partial charge in [0.05, 0.1) is 12.1 Å². The Morgan fingerprint density at radius 1 is 1.09 bits per heavy atom. The van der Waals surface area contributed by atoms with Crippen LogP contribution in [0.15, 0.2) is 47.2 Å². The molecule has 1 fully saturated rings. The van der Waals surface area contributed by atoms with Gasteiger partial charge in [-0.05, 0) is 34.1 Å². The first-order valence-corrected chi connectivity index (χ1v) is 8.27.